The van der Waals surface area contributed by atoms with Gasteiger partial charge in [0.1, 0.15) is 5.69 Å². The Balaban J connectivity index is 2.03. The number of fused-ring (bicyclic) bond motifs is 3. The van der Waals surface area contributed by atoms with E-state index in [1.165, 1.54) is 38.1 Å². The number of rotatable bonds is 0. The molecule has 3 nitrogen and oxygen atoms in total. The largest absolute Gasteiger partial charge is 0.287 e. The van der Waals surface area contributed by atoms with Gasteiger partial charge in [0, 0.05) is 15.4 Å². The van der Waals surface area contributed by atoms with Gasteiger partial charge in [-0.05, 0) is 47.9 Å². The van der Waals surface area contributed by atoms with Gasteiger partial charge in [0.2, 0.25) is 0 Å². The fourth-order valence-corrected chi connectivity index (χ4v) is 5.35. The zero-order chi connectivity index (χ0) is 18.0. The van der Waals surface area contributed by atoms with Gasteiger partial charge in [0.25, 0.3) is 6.33 Å². The molecule has 0 unspecified atom stereocenters. The molecule has 0 atom stereocenters. The first kappa shape index (κ1) is 15.4. The summed E-state index contributed by atoms with van der Waals surface area (Å²) >= 11 is 1.77. The summed E-state index contributed by atoms with van der Waals surface area (Å²) in [6.07, 6.45) is 1.86. The highest BCUT2D eigenvalue weighted by molar-refractivity contribution is 7.99. The number of hydrogen-bond acceptors (Lipinski definition) is 2. The van der Waals surface area contributed by atoms with E-state index in [0.29, 0.717) is 5.69 Å². The monoisotopic (exact) mass is 354 g/mol. The zero-order valence-corrected chi connectivity index (χ0v) is 15.6. The lowest BCUT2D eigenvalue weighted by molar-refractivity contribution is -0.662. The first-order valence-corrected chi connectivity index (χ1v) is 9.31. The van der Waals surface area contributed by atoms with Crippen molar-refractivity contribution in [3.05, 3.63) is 65.3 Å². The molecule has 0 aliphatic carbocycles. The predicted octanol–water partition coefficient (Wildman–Crippen LogP) is 5.51. The lowest BCUT2D eigenvalue weighted by Crippen LogP contribution is -2.32. The molecule has 2 heterocycles. The maximum absolute atomic E-state index is 7.42. The summed E-state index contributed by atoms with van der Waals surface area (Å²) in [5, 5.41) is 3.75. The highest BCUT2D eigenvalue weighted by Crippen LogP contribution is 2.51. The number of nitrogens with zero attached hydrogens (tertiary/aromatic N) is 3. The van der Waals surface area contributed by atoms with E-state index in [0.717, 1.165) is 15.8 Å². The normalized spacial score (nSPS) is 12.2. The Morgan fingerprint density at radius 1 is 1.08 bits per heavy atom. The van der Waals surface area contributed by atoms with E-state index in [2.05, 4.69) is 59.6 Å². The van der Waals surface area contributed by atoms with E-state index in [1.54, 1.807) is 11.8 Å². The van der Waals surface area contributed by atoms with Crippen LogP contribution in [0.2, 0.25) is 0 Å². The molecule has 0 spiro atoms. The van der Waals surface area contributed by atoms with Gasteiger partial charge in [-0.2, -0.15) is 0 Å². The van der Waals surface area contributed by atoms with E-state index >= 15 is 0 Å². The molecule has 0 saturated heterocycles. The minimum Gasteiger partial charge on any atom is -0.238 e. The molecule has 1 aliphatic rings. The fraction of sp³-hybridized carbons (Fsp3) is 0.136. The van der Waals surface area contributed by atoms with Gasteiger partial charge in [-0.3, -0.25) is 0 Å². The second kappa shape index (κ2) is 5.30. The number of hydrogen-bond donors (Lipinski definition) is 0. The molecule has 0 saturated carbocycles. The summed E-state index contributed by atoms with van der Waals surface area (Å²) in [5.74, 6) is 0. The van der Waals surface area contributed by atoms with Crippen molar-refractivity contribution in [3.63, 3.8) is 0 Å². The highest BCUT2D eigenvalue weighted by Gasteiger charge is 2.30. The van der Waals surface area contributed by atoms with Crippen LogP contribution in [0.25, 0.3) is 37.8 Å². The van der Waals surface area contributed by atoms with Crippen LogP contribution in [0.3, 0.4) is 0 Å². The Hall–Kier alpha value is -2.90. The zero-order valence-electron chi connectivity index (χ0n) is 14.8. The minimum atomic E-state index is 0.644. The van der Waals surface area contributed by atoms with Crippen molar-refractivity contribution in [2.45, 2.75) is 23.6 Å². The minimum absolute atomic E-state index is 0.644. The summed E-state index contributed by atoms with van der Waals surface area (Å²) in [5.41, 5.74) is 6.63. The third-order valence-electron chi connectivity index (χ3n) is 5.28. The molecule has 1 aromatic heterocycles. The van der Waals surface area contributed by atoms with Gasteiger partial charge in [-0.15, -0.1) is 0 Å². The van der Waals surface area contributed by atoms with Gasteiger partial charge in [0.05, 0.1) is 19.0 Å². The number of benzene rings is 3. The van der Waals surface area contributed by atoms with Gasteiger partial charge in [-0.1, -0.05) is 41.0 Å². The molecule has 1 aliphatic heterocycles. The van der Waals surface area contributed by atoms with Gasteiger partial charge in [0.15, 0.2) is 11.2 Å². The average Bonchev–Trinajstić information content (AvgIpc) is 2.67. The first-order chi connectivity index (χ1) is 12.6. The Kier molecular flexibility index (Phi) is 3.13. The second-order valence-electron chi connectivity index (χ2n) is 6.76. The van der Waals surface area contributed by atoms with Crippen LogP contribution < -0.4 is 4.57 Å². The van der Waals surface area contributed by atoms with E-state index in [4.69, 9.17) is 6.57 Å². The van der Waals surface area contributed by atoms with Crippen molar-refractivity contribution in [1.29, 1.82) is 0 Å². The standard InChI is InChI=1S/C22H16N3S/c1-12-15-7-5-6-8-16(15)13(2)22-19(12)21-20-17(24-11-25(21)4)9-14(23-3)10-18(20)26-22/h5-11H,1-2,4H3/q+1. The topological polar surface area (TPSA) is 21.1 Å². The van der Waals surface area contributed by atoms with Crippen LogP contribution in [0.1, 0.15) is 11.1 Å². The Morgan fingerprint density at radius 2 is 1.81 bits per heavy atom. The van der Waals surface area contributed by atoms with Crippen LogP contribution in [0.4, 0.5) is 5.69 Å². The quantitative estimate of drug-likeness (QED) is 0.270. The number of aryl methyl sites for hydroxylation is 3. The number of aromatic nitrogens is 2. The van der Waals surface area contributed by atoms with Gasteiger partial charge >= 0.3 is 0 Å². The molecule has 5 rings (SSSR count). The van der Waals surface area contributed by atoms with Gasteiger partial charge < -0.3 is 0 Å². The third-order valence-corrected chi connectivity index (χ3v) is 6.54. The van der Waals surface area contributed by atoms with Crippen molar-refractivity contribution >= 4 is 39.1 Å². The second-order valence-corrected chi connectivity index (χ2v) is 7.81. The van der Waals surface area contributed by atoms with Crippen molar-refractivity contribution in [2.75, 3.05) is 0 Å². The molecular formula is C22H16N3S+. The van der Waals surface area contributed by atoms with E-state index in [1.807, 2.05) is 18.5 Å². The molecule has 0 amide bonds. The van der Waals surface area contributed by atoms with E-state index in [9.17, 15) is 0 Å². The maximum atomic E-state index is 7.42. The smallest absolute Gasteiger partial charge is 0.238 e. The lowest BCUT2D eigenvalue weighted by Gasteiger charge is -2.24. The Labute approximate surface area is 156 Å². The molecule has 3 aromatic carbocycles. The fourth-order valence-electron chi connectivity index (χ4n) is 4.03. The summed E-state index contributed by atoms with van der Waals surface area (Å²) in [6, 6.07) is 12.5. The summed E-state index contributed by atoms with van der Waals surface area (Å²) in [4.78, 5) is 10.6. The molecule has 0 N–H and O–H groups in total. The molecule has 124 valence electrons. The van der Waals surface area contributed by atoms with Crippen molar-refractivity contribution < 1.29 is 4.57 Å². The highest BCUT2D eigenvalue weighted by atomic mass is 32.2. The Bertz CT molecular complexity index is 1300. The van der Waals surface area contributed by atoms with Crippen LogP contribution in [-0.2, 0) is 7.05 Å². The van der Waals surface area contributed by atoms with Crippen LogP contribution >= 0.6 is 11.8 Å². The van der Waals surface area contributed by atoms with E-state index in [-0.39, 0.29) is 0 Å². The van der Waals surface area contributed by atoms with Crippen LogP contribution in [-0.4, -0.2) is 4.98 Å². The van der Waals surface area contributed by atoms with Crippen molar-refractivity contribution in [1.82, 2.24) is 4.98 Å². The van der Waals surface area contributed by atoms with E-state index < -0.39 is 0 Å². The molecule has 4 aromatic rings. The first-order valence-electron chi connectivity index (χ1n) is 8.50. The Morgan fingerprint density at radius 3 is 2.54 bits per heavy atom. The van der Waals surface area contributed by atoms with Gasteiger partial charge in [-0.25, -0.2) is 9.41 Å². The maximum Gasteiger partial charge on any atom is 0.287 e. The molecule has 0 fully saturated rings. The lowest BCUT2D eigenvalue weighted by atomic mass is 9.92. The SMILES string of the molecule is [C-]#[N+]c1cc2c3c([n+](C)cnc3c1)-c1c(c(C)c3ccccc3c1C)S2. The predicted molar refractivity (Wildman–Crippen MR) is 106 cm³/mol. The van der Waals surface area contributed by atoms with Crippen LogP contribution in [0.15, 0.2) is 52.5 Å². The van der Waals surface area contributed by atoms with Crippen LogP contribution in [0, 0.1) is 20.4 Å². The molecule has 26 heavy (non-hydrogen) atoms. The molecule has 0 radical (unpaired) electrons. The summed E-state index contributed by atoms with van der Waals surface area (Å²) < 4.78 is 2.11. The van der Waals surface area contributed by atoms with Crippen molar-refractivity contribution in [3.8, 4) is 11.3 Å². The molecule has 4 heteroatoms. The summed E-state index contributed by atoms with van der Waals surface area (Å²) in [6.45, 7) is 11.8. The van der Waals surface area contributed by atoms with Crippen LogP contribution in [0.5, 0.6) is 0 Å². The average molecular weight is 354 g/mol. The molecular weight excluding hydrogens is 338 g/mol. The summed E-state index contributed by atoms with van der Waals surface area (Å²) in [7, 11) is 2.05. The third kappa shape index (κ3) is 1.89. The molecule has 0 bridgehead atoms. The van der Waals surface area contributed by atoms with Crippen molar-refractivity contribution in [2.24, 2.45) is 7.05 Å².